The van der Waals surface area contributed by atoms with Gasteiger partial charge in [0.2, 0.25) is 5.13 Å². The number of rotatable bonds is 9. The molecule has 0 unspecified atom stereocenters. The molecule has 172 valence electrons. The van der Waals surface area contributed by atoms with Crippen molar-refractivity contribution in [1.82, 2.24) is 19.6 Å². The molecular weight excluding hydrogens is 527 g/mol. The van der Waals surface area contributed by atoms with Crippen LogP contribution in [0.15, 0.2) is 29.3 Å². The fourth-order valence-electron chi connectivity index (χ4n) is 3.15. The number of nitrogens with zero attached hydrogens (tertiary/aromatic N) is 5. The molecule has 3 rings (SSSR count). The Hall–Kier alpha value is -1.66. The number of methoxy groups -OCH3 is 1. The normalized spacial score (nSPS) is 14.4. The van der Waals surface area contributed by atoms with Crippen molar-refractivity contribution >= 4 is 46.6 Å². The zero-order valence-corrected chi connectivity index (χ0v) is 21.7. The first-order chi connectivity index (χ1) is 14.7. The van der Waals surface area contributed by atoms with Crippen molar-refractivity contribution < 1.29 is 9.47 Å². The van der Waals surface area contributed by atoms with Crippen LogP contribution >= 0.6 is 35.5 Å². The van der Waals surface area contributed by atoms with Crippen molar-refractivity contribution in [3.63, 3.8) is 0 Å². The molecule has 0 spiro atoms. The standard InChI is InChI=1S/C21H32N6O2S.HI/c1-4-19-24-21(30-25-19)27-12-10-26(11-13-27)20(22-5-2)23-16-17-6-8-18(9-7-17)29-15-14-28-3;/h6-9H,4-5,10-16H2,1-3H3,(H,22,23);1H. The Balaban J connectivity index is 0.00000341. The number of aliphatic imine (C=N–C) groups is 1. The fourth-order valence-corrected chi connectivity index (χ4v) is 3.95. The predicted molar refractivity (Wildman–Crippen MR) is 137 cm³/mol. The Morgan fingerprint density at radius 3 is 2.48 bits per heavy atom. The van der Waals surface area contributed by atoms with Crippen LogP contribution in [0.2, 0.25) is 0 Å². The lowest BCUT2D eigenvalue weighted by molar-refractivity contribution is 0.146. The van der Waals surface area contributed by atoms with Gasteiger partial charge in [0.1, 0.15) is 18.2 Å². The minimum Gasteiger partial charge on any atom is -0.491 e. The second-order valence-corrected chi connectivity index (χ2v) is 7.71. The van der Waals surface area contributed by atoms with E-state index in [1.807, 2.05) is 12.1 Å². The third kappa shape index (κ3) is 7.76. The summed E-state index contributed by atoms with van der Waals surface area (Å²) in [6, 6.07) is 8.10. The number of ether oxygens (including phenoxy) is 2. The molecule has 0 amide bonds. The predicted octanol–water partition coefficient (Wildman–Crippen LogP) is 3.03. The third-order valence-electron chi connectivity index (χ3n) is 4.85. The molecule has 1 aromatic heterocycles. The Labute approximate surface area is 206 Å². The van der Waals surface area contributed by atoms with E-state index in [0.717, 1.165) is 67.4 Å². The summed E-state index contributed by atoms with van der Waals surface area (Å²) in [5.74, 6) is 2.75. The second kappa shape index (κ2) is 13.7. The average Bonchev–Trinajstić information content (AvgIpc) is 3.27. The summed E-state index contributed by atoms with van der Waals surface area (Å²) in [4.78, 5) is 14.1. The molecule has 1 aliphatic rings. The third-order valence-corrected chi connectivity index (χ3v) is 5.66. The summed E-state index contributed by atoms with van der Waals surface area (Å²) >= 11 is 1.50. The molecule has 2 aromatic rings. The van der Waals surface area contributed by atoms with Crippen LogP contribution < -0.4 is 15.0 Å². The summed E-state index contributed by atoms with van der Waals surface area (Å²) < 4.78 is 15.0. The second-order valence-electron chi connectivity index (χ2n) is 6.98. The molecule has 1 N–H and O–H groups in total. The molecule has 1 saturated heterocycles. The van der Waals surface area contributed by atoms with Crippen molar-refractivity contribution in [2.75, 3.05) is 57.9 Å². The summed E-state index contributed by atoms with van der Waals surface area (Å²) in [6.45, 7) is 10.5. The number of benzene rings is 1. The first-order valence-electron chi connectivity index (χ1n) is 10.5. The minimum atomic E-state index is 0. The number of nitrogens with one attached hydrogen (secondary N) is 1. The van der Waals surface area contributed by atoms with Gasteiger partial charge in [-0.15, -0.1) is 24.0 Å². The summed E-state index contributed by atoms with van der Waals surface area (Å²) in [5, 5.41) is 4.46. The van der Waals surface area contributed by atoms with Gasteiger partial charge in [0, 0.05) is 57.8 Å². The number of piperazine rings is 1. The highest BCUT2D eigenvalue weighted by atomic mass is 127. The monoisotopic (exact) mass is 560 g/mol. The lowest BCUT2D eigenvalue weighted by Crippen LogP contribution is -2.52. The minimum absolute atomic E-state index is 0. The first-order valence-corrected chi connectivity index (χ1v) is 11.3. The van der Waals surface area contributed by atoms with Crippen LogP contribution in [0.25, 0.3) is 0 Å². The van der Waals surface area contributed by atoms with Gasteiger partial charge in [-0.1, -0.05) is 19.1 Å². The van der Waals surface area contributed by atoms with E-state index in [9.17, 15) is 0 Å². The highest BCUT2D eigenvalue weighted by molar-refractivity contribution is 14.0. The van der Waals surface area contributed by atoms with E-state index in [0.29, 0.717) is 19.8 Å². The maximum atomic E-state index is 5.62. The molecule has 10 heteroatoms. The van der Waals surface area contributed by atoms with E-state index in [-0.39, 0.29) is 24.0 Å². The largest absolute Gasteiger partial charge is 0.491 e. The number of aromatic nitrogens is 2. The van der Waals surface area contributed by atoms with Crippen LogP contribution in [0.3, 0.4) is 0 Å². The Bertz CT molecular complexity index is 793. The number of guanidine groups is 1. The van der Waals surface area contributed by atoms with E-state index in [1.165, 1.54) is 11.5 Å². The Morgan fingerprint density at radius 1 is 1.13 bits per heavy atom. The number of aryl methyl sites for hydroxylation is 1. The zero-order valence-electron chi connectivity index (χ0n) is 18.5. The molecule has 31 heavy (non-hydrogen) atoms. The number of hydrogen-bond donors (Lipinski definition) is 1. The molecule has 0 aliphatic carbocycles. The molecule has 1 fully saturated rings. The number of anilines is 1. The van der Waals surface area contributed by atoms with E-state index in [4.69, 9.17) is 14.5 Å². The van der Waals surface area contributed by atoms with Gasteiger partial charge in [0.05, 0.1) is 13.2 Å². The van der Waals surface area contributed by atoms with Gasteiger partial charge in [-0.2, -0.15) is 4.37 Å². The lowest BCUT2D eigenvalue weighted by atomic mass is 10.2. The van der Waals surface area contributed by atoms with Crippen molar-refractivity contribution in [1.29, 1.82) is 0 Å². The highest BCUT2D eigenvalue weighted by Gasteiger charge is 2.22. The topological polar surface area (TPSA) is 75.1 Å². The lowest BCUT2D eigenvalue weighted by Gasteiger charge is -2.36. The molecular formula is C21H33IN6O2S. The van der Waals surface area contributed by atoms with Crippen molar-refractivity contribution in [2.24, 2.45) is 4.99 Å². The van der Waals surface area contributed by atoms with Crippen LogP contribution in [-0.4, -0.2) is 73.3 Å². The van der Waals surface area contributed by atoms with Gasteiger partial charge < -0.3 is 24.6 Å². The average molecular weight is 561 g/mol. The van der Waals surface area contributed by atoms with Crippen molar-refractivity contribution in [2.45, 2.75) is 26.8 Å². The maximum absolute atomic E-state index is 5.62. The van der Waals surface area contributed by atoms with Crippen LogP contribution in [-0.2, 0) is 17.7 Å². The molecule has 0 bridgehead atoms. The van der Waals surface area contributed by atoms with Gasteiger partial charge in [-0.05, 0) is 24.6 Å². The molecule has 0 saturated carbocycles. The SMILES string of the molecule is CCNC(=NCc1ccc(OCCOC)cc1)N1CCN(c2nc(CC)ns2)CC1.I. The first kappa shape index (κ1) is 25.6. The maximum Gasteiger partial charge on any atom is 0.205 e. The smallest absolute Gasteiger partial charge is 0.205 e. The van der Waals surface area contributed by atoms with Gasteiger partial charge in [0.25, 0.3) is 0 Å². The van der Waals surface area contributed by atoms with Crippen LogP contribution in [0.4, 0.5) is 5.13 Å². The Morgan fingerprint density at radius 2 is 1.87 bits per heavy atom. The summed E-state index contributed by atoms with van der Waals surface area (Å²) in [7, 11) is 1.67. The summed E-state index contributed by atoms with van der Waals surface area (Å²) in [5.41, 5.74) is 1.16. The fraction of sp³-hybridized carbons (Fsp3) is 0.571. The van der Waals surface area contributed by atoms with E-state index < -0.39 is 0 Å². The zero-order chi connectivity index (χ0) is 21.2. The molecule has 2 heterocycles. The molecule has 0 atom stereocenters. The van der Waals surface area contributed by atoms with E-state index >= 15 is 0 Å². The van der Waals surface area contributed by atoms with Gasteiger partial charge in [-0.3, -0.25) is 0 Å². The number of halogens is 1. The molecule has 8 nitrogen and oxygen atoms in total. The van der Waals surface area contributed by atoms with Crippen molar-refractivity contribution in [3.8, 4) is 5.75 Å². The molecule has 0 radical (unpaired) electrons. The van der Waals surface area contributed by atoms with Crippen molar-refractivity contribution in [3.05, 3.63) is 35.7 Å². The van der Waals surface area contributed by atoms with Crippen LogP contribution in [0.1, 0.15) is 25.2 Å². The van der Waals surface area contributed by atoms with E-state index in [1.54, 1.807) is 7.11 Å². The number of hydrogen-bond acceptors (Lipinski definition) is 7. The van der Waals surface area contributed by atoms with Crippen LogP contribution in [0.5, 0.6) is 5.75 Å². The Kier molecular flexibility index (Phi) is 11.3. The van der Waals surface area contributed by atoms with Gasteiger partial charge in [-0.25, -0.2) is 9.98 Å². The van der Waals surface area contributed by atoms with E-state index in [2.05, 4.69) is 50.5 Å². The molecule has 1 aromatic carbocycles. The van der Waals surface area contributed by atoms with Gasteiger partial charge in [0.15, 0.2) is 5.96 Å². The van der Waals surface area contributed by atoms with Crippen LogP contribution in [0, 0.1) is 0 Å². The quantitative estimate of drug-likeness (QED) is 0.219. The summed E-state index contributed by atoms with van der Waals surface area (Å²) in [6.07, 6.45) is 0.883. The molecule has 1 aliphatic heterocycles. The highest BCUT2D eigenvalue weighted by Crippen LogP contribution is 2.19. The van der Waals surface area contributed by atoms with Gasteiger partial charge >= 0.3 is 0 Å².